The van der Waals surface area contributed by atoms with Crippen molar-refractivity contribution in [2.75, 3.05) is 6.61 Å². The van der Waals surface area contributed by atoms with E-state index in [-0.39, 0.29) is 16.9 Å². The summed E-state index contributed by atoms with van der Waals surface area (Å²) in [6.45, 7) is -0.134. The molecule has 7 heteroatoms. The van der Waals surface area contributed by atoms with E-state index in [1.165, 1.54) is 4.57 Å². The van der Waals surface area contributed by atoms with Crippen LogP contribution < -0.4 is 10.3 Å². The molecular weight excluding hydrogens is 361 g/mol. The highest BCUT2D eigenvalue weighted by molar-refractivity contribution is 6.34. The van der Waals surface area contributed by atoms with Gasteiger partial charge in [-0.05, 0) is 24.3 Å². The molecule has 0 radical (unpaired) electrons. The molecule has 2 aromatic carbocycles. The fraction of sp³-hybridized carbons (Fsp3) is 0.0556. The molecule has 0 amide bonds. The number of hydrogen-bond donors (Lipinski definition) is 0. The second-order valence-electron chi connectivity index (χ2n) is 4.96. The summed E-state index contributed by atoms with van der Waals surface area (Å²) in [5, 5.41) is 8.60. The Morgan fingerprint density at radius 1 is 1.04 bits per heavy atom. The van der Waals surface area contributed by atoms with Gasteiger partial charge < -0.3 is 4.74 Å². The molecule has 0 spiro atoms. The van der Waals surface area contributed by atoms with Crippen LogP contribution in [0.1, 0.15) is 0 Å². The van der Waals surface area contributed by atoms with Gasteiger partial charge in [-0.1, -0.05) is 53.5 Å². The summed E-state index contributed by atoms with van der Waals surface area (Å²) in [4.78, 5) is 16.6. The van der Waals surface area contributed by atoms with Crippen molar-refractivity contribution >= 4 is 23.2 Å². The summed E-state index contributed by atoms with van der Waals surface area (Å²) in [7, 11) is 0. The Balaban J connectivity index is 2.34. The minimum atomic E-state index is -0.498. The van der Waals surface area contributed by atoms with Gasteiger partial charge in [0.1, 0.15) is 11.8 Å². The summed E-state index contributed by atoms with van der Waals surface area (Å²) >= 11 is 12.3. The Labute approximate surface area is 153 Å². The van der Waals surface area contributed by atoms with Crippen LogP contribution >= 0.6 is 23.2 Å². The van der Waals surface area contributed by atoms with Crippen LogP contribution in [0.4, 0.5) is 0 Å². The number of nitriles is 1. The van der Waals surface area contributed by atoms with Crippen molar-refractivity contribution in [1.29, 1.82) is 5.26 Å². The first-order valence-corrected chi connectivity index (χ1v) is 8.01. The van der Waals surface area contributed by atoms with Crippen LogP contribution in [0.5, 0.6) is 5.75 Å². The zero-order valence-corrected chi connectivity index (χ0v) is 14.3. The molecule has 5 nitrogen and oxygen atoms in total. The van der Waals surface area contributed by atoms with Crippen molar-refractivity contribution in [2.24, 2.45) is 0 Å². The second kappa shape index (κ2) is 7.39. The molecule has 0 N–H and O–H groups in total. The highest BCUT2D eigenvalue weighted by atomic mass is 35.5. The maximum atomic E-state index is 12.7. The number of halogens is 2. The van der Waals surface area contributed by atoms with Crippen molar-refractivity contribution in [3.8, 4) is 28.8 Å². The predicted molar refractivity (Wildman–Crippen MR) is 96.4 cm³/mol. The minimum absolute atomic E-state index is 0.0569. The van der Waals surface area contributed by atoms with E-state index in [1.54, 1.807) is 48.5 Å². The first-order valence-electron chi connectivity index (χ1n) is 7.26. The van der Waals surface area contributed by atoms with Gasteiger partial charge >= 0.3 is 0 Å². The van der Waals surface area contributed by atoms with Crippen molar-refractivity contribution in [2.45, 2.75) is 0 Å². The smallest absolute Gasteiger partial charge is 0.293 e. The average molecular weight is 372 g/mol. The maximum Gasteiger partial charge on any atom is 0.293 e. The van der Waals surface area contributed by atoms with Gasteiger partial charge in [-0.25, -0.2) is 4.98 Å². The van der Waals surface area contributed by atoms with Crippen molar-refractivity contribution in [1.82, 2.24) is 9.55 Å². The Morgan fingerprint density at radius 2 is 1.72 bits per heavy atom. The molecule has 0 aliphatic carbocycles. The van der Waals surface area contributed by atoms with Crippen LogP contribution in [0.25, 0.3) is 16.9 Å². The fourth-order valence-corrected chi connectivity index (χ4v) is 2.91. The highest BCUT2D eigenvalue weighted by Gasteiger charge is 2.20. The first-order chi connectivity index (χ1) is 12.1. The van der Waals surface area contributed by atoms with E-state index >= 15 is 0 Å². The molecule has 0 saturated carbocycles. The molecule has 0 aliphatic rings. The molecule has 0 aliphatic heterocycles. The number of hydrogen-bond acceptors (Lipinski definition) is 4. The third-order valence-electron chi connectivity index (χ3n) is 3.44. The molecule has 3 aromatic rings. The monoisotopic (exact) mass is 371 g/mol. The standard InChI is InChI=1S/C18H11Cl2N3O2/c19-16-15(13-8-4-5-9-14(13)25-11-10-21)23(18(24)17(20)22-16)12-6-2-1-3-7-12/h1-9H,11H2. The lowest BCUT2D eigenvalue weighted by Crippen LogP contribution is -2.22. The van der Waals surface area contributed by atoms with E-state index in [4.69, 9.17) is 33.2 Å². The fourth-order valence-electron chi connectivity index (χ4n) is 2.43. The molecule has 1 heterocycles. The molecule has 124 valence electrons. The van der Waals surface area contributed by atoms with Gasteiger partial charge in [-0.2, -0.15) is 5.26 Å². The Kier molecular flexibility index (Phi) is 5.03. The average Bonchev–Trinajstić information content (AvgIpc) is 2.64. The van der Waals surface area contributed by atoms with Gasteiger partial charge in [0.25, 0.3) is 5.56 Å². The number of benzene rings is 2. The van der Waals surface area contributed by atoms with Crippen LogP contribution in [0.2, 0.25) is 10.3 Å². The molecule has 0 fully saturated rings. The third kappa shape index (κ3) is 3.36. The predicted octanol–water partition coefficient (Wildman–Crippen LogP) is 4.11. The summed E-state index contributed by atoms with van der Waals surface area (Å²) in [6.07, 6.45) is 0. The van der Waals surface area contributed by atoms with Gasteiger partial charge in [0.05, 0.1) is 5.69 Å². The maximum absolute atomic E-state index is 12.7. The zero-order chi connectivity index (χ0) is 17.8. The number of para-hydroxylation sites is 2. The molecular formula is C18H11Cl2N3O2. The molecule has 0 unspecified atom stereocenters. The Hall–Kier alpha value is -2.81. The number of rotatable bonds is 4. The minimum Gasteiger partial charge on any atom is -0.478 e. The number of aromatic nitrogens is 2. The van der Waals surface area contributed by atoms with Gasteiger partial charge in [0.15, 0.2) is 16.9 Å². The van der Waals surface area contributed by atoms with E-state index in [0.29, 0.717) is 22.7 Å². The van der Waals surface area contributed by atoms with Gasteiger partial charge in [-0.15, -0.1) is 0 Å². The van der Waals surface area contributed by atoms with Crippen molar-refractivity contribution < 1.29 is 4.74 Å². The molecule has 0 bridgehead atoms. The first kappa shape index (κ1) is 17.0. The van der Waals surface area contributed by atoms with Gasteiger partial charge in [-0.3, -0.25) is 9.36 Å². The number of ether oxygens (including phenoxy) is 1. The lowest BCUT2D eigenvalue weighted by molar-refractivity contribution is 0.369. The molecule has 25 heavy (non-hydrogen) atoms. The van der Waals surface area contributed by atoms with E-state index in [9.17, 15) is 4.79 Å². The SMILES string of the molecule is N#CCOc1ccccc1-c1c(Cl)nc(Cl)c(=O)n1-c1ccccc1. The molecule has 1 aromatic heterocycles. The highest BCUT2D eigenvalue weighted by Crippen LogP contribution is 2.35. The third-order valence-corrected chi connectivity index (χ3v) is 3.95. The molecule has 3 rings (SSSR count). The zero-order valence-electron chi connectivity index (χ0n) is 12.8. The van der Waals surface area contributed by atoms with E-state index in [2.05, 4.69) is 4.98 Å². The van der Waals surface area contributed by atoms with Crippen LogP contribution in [-0.4, -0.2) is 16.2 Å². The van der Waals surface area contributed by atoms with Crippen molar-refractivity contribution in [3.63, 3.8) is 0 Å². The lowest BCUT2D eigenvalue weighted by atomic mass is 10.1. The summed E-state index contributed by atoms with van der Waals surface area (Å²) in [5.41, 5.74) is 0.967. The Morgan fingerprint density at radius 3 is 2.44 bits per heavy atom. The van der Waals surface area contributed by atoms with Crippen molar-refractivity contribution in [3.05, 3.63) is 75.3 Å². The quantitative estimate of drug-likeness (QED) is 0.691. The second-order valence-corrected chi connectivity index (χ2v) is 5.68. The van der Waals surface area contributed by atoms with E-state index in [0.717, 1.165) is 0 Å². The molecule has 0 atom stereocenters. The summed E-state index contributed by atoms with van der Waals surface area (Å²) in [6, 6.07) is 17.8. The normalized spacial score (nSPS) is 10.3. The van der Waals surface area contributed by atoms with Crippen LogP contribution in [0.3, 0.4) is 0 Å². The Bertz CT molecular complexity index is 1010. The summed E-state index contributed by atoms with van der Waals surface area (Å²) < 4.78 is 6.84. The van der Waals surface area contributed by atoms with Crippen LogP contribution in [0.15, 0.2) is 59.4 Å². The number of nitrogens with zero attached hydrogens (tertiary/aromatic N) is 3. The lowest BCUT2D eigenvalue weighted by Gasteiger charge is -2.17. The van der Waals surface area contributed by atoms with E-state index in [1.807, 2.05) is 12.1 Å². The van der Waals surface area contributed by atoms with Crippen LogP contribution in [0, 0.1) is 11.3 Å². The topological polar surface area (TPSA) is 67.9 Å². The van der Waals surface area contributed by atoms with E-state index < -0.39 is 5.56 Å². The summed E-state index contributed by atoms with van der Waals surface area (Å²) in [5.74, 6) is 0.416. The van der Waals surface area contributed by atoms with Gasteiger partial charge in [0, 0.05) is 11.3 Å². The van der Waals surface area contributed by atoms with Crippen LogP contribution in [-0.2, 0) is 0 Å². The molecule has 0 saturated heterocycles. The largest absolute Gasteiger partial charge is 0.478 e. The van der Waals surface area contributed by atoms with Gasteiger partial charge in [0.2, 0.25) is 0 Å².